The van der Waals surface area contributed by atoms with Gasteiger partial charge in [-0.1, -0.05) is 52.1 Å². The normalized spacial score (nSPS) is 12.0. The van der Waals surface area contributed by atoms with Crippen LogP contribution in [0, 0.1) is 5.41 Å². The first-order chi connectivity index (χ1) is 4.24. The van der Waals surface area contributed by atoms with Crippen LogP contribution in [0.2, 0.25) is 0 Å². The Kier molecular flexibility index (Phi) is 5.93. The van der Waals surface area contributed by atoms with Gasteiger partial charge in [-0.15, -0.1) is 0 Å². The minimum absolute atomic E-state index is 0.418. The van der Waals surface area contributed by atoms with Gasteiger partial charge in [-0.3, -0.25) is 0 Å². The zero-order chi connectivity index (χ0) is 7.33. The fourth-order valence-corrected chi connectivity index (χ4v) is 3.75. The average Bonchev–Trinajstić information content (AvgIpc) is 1.95. The number of alkyl halides is 2. The summed E-state index contributed by atoms with van der Waals surface area (Å²) in [4.78, 5) is 0. The van der Waals surface area contributed by atoms with E-state index >= 15 is 0 Å². The maximum atomic E-state index is 5.63. The van der Waals surface area contributed by atoms with Crippen molar-refractivity contribution >= 4 is 45.2 Å². The predicted octanol–water partition coefficient (Wildman–Crippen LogP) is 2.21. The van der Waals surface area contributed by atoms with E-state index in [1.54, 1.807) is 0 Å². The Balaban J connectivity index is 3.82. The standard InChI is InChI=1S/C6H13I2N/c1-2-6(3-7,4-8)5-9/h2-5,9H2,1H3. The number of rotatable bonds is 4. The fourth-order valence-electron chi connectivity index (χ4n) is 0.478. The summed E-state index contributed by atoms with van der Waals surface area (Å²) in [5.41, 5.74) is 6.05. The lowest BCUT2D eigenvalue weighted by atomic mass is 9.91. The molecule has 1 nitrogen and oxygen atoms in total. The number of hydrogen-bond donors (Lipinski definition) is 1. The SMILES string of the molecule is CCC(CN)(CI)CI. The van der Waals surface area contributed by atoms with Crippen LogP contribution in [0.3, 0.4) is 0 Å². The van der Waals surface area contributed by atoms with Gasteiger partial charge in [0, 0.05) is 14.3 Å². The highest BCUT2D eigenvalue weighted by molar-refractivity contribution is 14.1. The molecule has 0 aliphatic heterocycles. The van der Waals surface area contributed by atoms with Crippen molar-refractivity contribution in [2.45, 2.75) is 13.3 Å². The van der Waals surface area contributed by atoms with Crippen LogP contribution in [-0.4, -0.2) is 15.4 Å². The predicted molar refractivity (Wildman–Crippen MR) is 59.6 cm³/mol. The van der Waals surface area contributed by atoms with Crippen LogP contribution in [0.4, 0.5) is 0 Å². The molecule has 0 aliphatic rings. The molecule has 0 atom stereocenters. The molecule has 0 rings (SSSR count). The van der Waals surface area contributed by atoms with Gasteiger partial charge in [0.2, 0.25) is 0 Å². The van der Waals surface area contributed by atoms with Crippen LogP contribution in [-0.2, 0) is 0 Å². The smallest absolute Gasteiger partial charge is 0.00713 e. The van der Waals surface area contributed by atoms with Crippen LogP contribution in [0.15, 0.2) is 0 Å². The summed E-state index contributed by atoms with van der Waals surface area (Å²) in [5.74, 6) is 0. The molecule has 0 aromatic rings. The second-order valence-corrected chi connectivity index (χ2v) is 3.85. The highest BCUT2D eigenvalue weighted by Gasteiger charge is 2.22. The van der Waals surface area contributed by atoms with Crippen molar-refractivity contribution < 1.29 is 0 Å². The molecular weight excluding hydrogens is 340 g/mol. The number of hydrogen-bond acceptors (Lipinski definition) is 1. The van der Waals surface area contributed by atoms with Crippen molar-refractivity contribution in [3.05, 3.63) is 0 Å². The number of nitrogens with two attached hydrogens (primary N) is 1. The van der Waals surface area contributed by atoms with E-state index in [2.05, 4.69) is 52.1 Å². The molecule has 0 saturated carbocycles. The number of halogens is 2. The molecule has 56 valence electrons. The average molecular weight is 353 g/mol. The van der Waals surface area contributed by atoms with Crippen LogP contribution in [0.1, 0.15) is 13.3 Å². The molecule has 9 heavy (non-hydrogen) atoms. The zero-order valence-electron chi connectivity index (χ0n) is 5.66. The van der Waals surface area contributed by atoms with Crippen molar-refractivity contribution in [1.82, 2.24) is 0 Å². The summed E-state index contributed by atoms with van der Waals surface area (Å²) in [6.45, 7) is 3.04. The topological polar surface area (TPSA) is 26.0 Å². The van der Waals surface area contributed by atoms with E-state index in [1.165, 1.54) is 15.3 Å². The van der Waals surface area contributed by atoms with E-state index in [0.717, 1.165) is 6.54 Å². The largest absolute Gasteiger partial charge is 0.330 e. The minimum atomic E-state index is 0.418. The van der Waals surface area contributed by atoms with E-state index in [4.69, 9.17) is 5.73 Å². The second-order valence-electron chi connectivity index (χ2n) is 2.32. The molecule has 0 heterocycles. The molecule has 0 spiro atoms. The summed E-state index contributed by atoms with van der Waals surface area (Å²) in [6.07, 6.45) is 1.20. The first kappa shape index (κ1) is 10.4. The van der Waals surface area contributed by atoms with Gasteiger partial charge in [0.1, 0.15) is 0 Å². The third-order valence-electron chi connectivity index (χ3n) is 1.75. The summed E-state index contributed by atoms with van der Waals surface area (Å²) in [7, 11) is 0. The molecule has 0 aromatic heterocycles. The molecule has 0 amide bonds. The van der Waals surface area contributed by atoms with Gasteiger partial charge >= 0.3 is 0 Å². The van der Waals surface area contributed by atoms with Gasteiger partial charge < -0.3 is 5.73 Å². The van der Waals surface area contributed by atoms with Crippen LogP contribution in [0.5, 0.6) is 0 Å². The molecule has 0 unspecified atom stereocenters. The van der Waals surface area contributed by atoms with Crippen LogP contribution >= 0.6 is 45.2 Å². The van der Waals surface area contributed by atoms with Crippen LogP contribution < -0.4 is 5.73 Å². The second kappa shape index (κ2) is 5.12. The molecule has 0 aromatic carbocycles. The Bertz CT molecular complexity index is 53.9. The van der Waals surface area contributed by atoms with Gasteiger partial charge in [-0.25, -0.2) is 0 Å². The van der Waals surface area contributed by atoms with Gasteiger partial charge in [-0.05, 0) is 13.0 Å². The molecule has 0 bridgehead atoms. The van der Waals surface area contributed by atoms with E-state index in [-0.39, 0.29) is 0 Å². The van der Waals surface area contributed by atoms with Crippen molar-refractivity contribution in [3.8, 4) is 0 Å². The fraction of sp³-hybridized carbons (Fsp3) is 1.00. The lowest BCUT2D eigenvalue weighted by Crippen LogP contribution is -2.32. The lowest BCUT2D eigenvalue weighted by molar-refractivity contribution is 0.397. The minimum Gasteiger partial charge on any atom is -0.330 e. The molecule has 3 heteroatoms. The molecule has 0 aliphatic carbocycles. The highest BCUT2D eigenvalue weighted by Crippen LogP contribution is 2.25. The Morgan fingerprint density at radius 2 is 1.78 bits per heavy atom. The summed E-state index contributed by atoms with van der Waals surface area (Å²) in [6, 6.07) is 0. The molecule has 0 saturated heterocycles. The molecule has 0 radical (unpaired) electrons. The van der Waals surface area contributed by atoms with E-state index in [0.29, 0.717) is 5.41 Å². The molecule has 0 fully saturated rings. The van der Waals surface area contributed by atoms with Crippen molar-refractivity contribution in [1.29, 1.82) is 0 Å². The van der Waals surface area contributed by atoms with E-state index < -0.39 is 0 Å². The highest BCUT2D eigenvalue weighted by atomic mass is 127. The third kappa shape index (κ3) is 2.88. The zero-order valence-corrected chi connectivity index (χ0v) is 9.98. The van der Waals surface area contributed by atoms with Crippen molar-refractivity contribution in [2.24, 2.45) is 11.1 Å². The third-order valence-corrected chi connectivity index (χ3v) is 4.99. The Hall–Kier alpha value is 1.42. The summed E-state index contributed by atoms with van der Waals surface area (Å²) >= 11 is 4.84. The van der Waals surface area contributed by atoms with Gasteiger partial charge in [-0.2, -0.15) is 0 Å². The van der Waals surface area contributed by atoms with Crippen molar-refractivity contribution in [2.75, 3.05) is 15.4 Å². The first-order valence-electron chi connectivity index (χ1n) is 3.06. The maximum absolute atomic E-state index is 5.63. The monoisotopic (exact) mass is 353 g/mol. The quantitative estimate of drug-likeness (QED) is 0.609. The maximum Gasteiger partial charge on any atom is 0.00713 e. The first-order valence-corrected chi connectivity index (χ1v) is 6.12. The van der Waals surface area contributed by atoms with Gasteiger partial charge in [0.15, 0.2) is 0 Å². The Morgan fingerprint density at radius 3 is 1.78 bits per heavy atom. The Morgan fingerprint density at radius 1 is 1.33 bits per heavy atom. The lowest BCUT2D eigenvalue weighted by Gasteiger charge is -2.25. The van der Waals surface area contributed by atoms with Gasteiger partial charge in [0.25, 0.3) is 0 Å². The van der Waals surface area contributed by atoms with E-state index in [9.17, 15) is 0 Å². The molecule has 2 N–H and O–H groups in total. The summed E-state index contributed by atoms with van der Waals surface area (Å²) < 4.78 is 2.36. The van der Waals surface area contributed by atoms with Crippen molar-refractivity contribution in [3.63, 3.8) is 0 Å². The molecular formula is C6H13I2N. The van der Waals surface area contributed by atoms with Crippen LogP contribution in [0.25, 0.3) is 0 Å². The van der Waals surface area contributed by atoms with Gasteiger partial charge in [0.05, 0.1) is 0 Å². The Labute approximate surface area is 84.4 Å². The summed E-state index contributed by atoms with van der Waals surface area (Å²) in [5, 5.41) is 0. The van der Waals surface area contributed by atoms with E-state index in [1.807, 2.05) is 0 Å².